The van der Waals surface area contributed by atoms with Crippen molar-refractivity contribution in [3.63, 3.8) is 0 Å². The highest BCUT2D eigenvalue weighted by molar-refractivity contribution is 7.92. The second kappa shape index (κ2) is 12.4. The fourth-order valence-electron chi connectivity index (χ4n) is 3.69. The number of carbonyl (C=O) groups is 2. The molecule has 2 aromatic carbocycles. The summed E-state index contributed by atoms with van der Waals surface area (Å²) in [6, 6.07) is 11.6. The first-order valence-corrected chi connectivity index (χ1v) is 13.2. The van der Waals surface area contributed by atoms with Crippen molar-refractivity contribution < 1.29 is 27.5 Å². The summed E-state index contributed by atoms with van der Waals surface area (Å²) in [6.45, 7) is 5.64. The van der Waals surface area contributed by atoms with Crippen LogP contribution < -0.4 is 19.1 Å². The van der Waals surface area contributed by atoms with Crippen LogP contribution in [-0.2, 0) is 26.2 Å². The number of nitrogens with one attached hydrogen (secondary N) is 1. The van der Waals surface area contributed by atoms with Gasteiger partial charge in [0.1, 0.15) is 24.1 Å². The molecule has 0 spiro atoms. The number of sulfonamides is 1. The molecular weight excluding hydrogens is 470 g/mol. The zero-order chi connectivity index (χ0) is 26.2. The zero-order valence-corrected chi connectivity index (χ0v) is 22.0. The molecule has 35 heavy (non-hydrogen) atoms. The van der Waals surface area contributed by atoms with Crippen LogP contribution in [0.1, 0.15) is 31.4 Å². The third-order valence-corrected chi connectivity index (χ3v) is 6.67. The topological polar surface area (TPSA) is 105 Å². The summed E-state index contributed by atoms with van der Waals surface area (Å²) in [5, 5.41) is 2.77. The molecule has 0 heterocycles. The van der Waals surface area contributed by atoms with Gasteiger partial charge in [0.15, 0.2) is 0 Å². The predicted octanol–water partition coefficient (Wildman–Crippen LogP) is 2.72. The highest BCUT2D eigenvalue weighted by atomic mass is 32.2. The number of hydrogen-bond acceptors (Lipinski definition) is 6. The Morgan fingerprint density at radius 2 is 1.69 bits per heavy atom. The monoisotopic (exact) mass is 505 g/mol. The quantitative estimate of drug-likeness (QED) is 0.476. The molecule has 192 valence electrons. The summed E-state index contributed by atoms with van der Waals surface area (Å²) in [5.41, 5.74) is 2.07. The third-order valence-electron chi connectivity index (χ3n) is 5.54. The lowest BCUT2D eigenvalue weighted by atomic mass is 10.1. The Balaban J connectivity index is 2.51. The minimum absolute atomic E-state index is 0.154. The molecule has 0 aliphatic heterocycles. The van der Waals surface area contributed by atoms with Gasteiger partial charge in [-0.1, -0.05) is 36.8 Å². The van der Waals surface area contributed by atoms with Gasteiger partial charge in [0.25, 0.3) is 0 Å². The highest BCUT2D eigenvalue weighted by Crippen LogP contribution is 2.34. The Kier molecular flexibility index (Phi) is 9.94. The smallest absolute Gasteiger partial charge is 0.244 e. The van der Waals surface area contributed by atoms with Crippen LogP contribution >= 0.6 is 0 Å². The van der Waals surface area contributed by atoms with Crippen LogP contribution in [0, 0.1) is 6.92 Å². The first-order chi connectivity index (χ1) is 16.5. The Morgan fingerprint density at radius 1 is 1.03 bits per heavy atom. The Hall–Kier alpha value is -3.27. The highest BCUT2D eigenvalue weighted by Gasteiger charge is 2.32. The van der Waals surface area contributed by atoms with Crippen LogP contribution in [0.15, 0.2) is 42.5 Å². The molecule has 1 atom stereocenters. The van der Waals surface area contributed by atoms with Gasteiger partial charge in [0, 0.05) is 19.2 Å². The van der Waals surface area contributed by atoms with Crippen molar-refractivity contribution in [1.29, 1.82) is 0 Å². The lowest BCUT2D eigenvalue weighted by Gasteiger charge is -2.33. The Bertz CT molecular complexity index is 1120. The van der Waals surface area contributed by atoms with E-state index in [9.17, 15) is 18.0 Å². The van der Waals surface area contributed by atoms with Gasteiger partial charge in [-0.25, -0.2) is 8.42 Å². The van der Waals surface area contributed by atoms with Crippen LogP contribution in [0.25, 0.3) is 0 Å². The van der Waals surface area contributed by atoms with E-state index in [4.69, 9.17) is 9.47 Å². The SMILES string of the molecule is CCNC(=O)[C@@H](CC)N(Cc1ccc(C)cc1)C(=O)CN(c1cc(OC)ccc1OC)S(C)(=O)=O. The van der Waals surface area contributed by atoms with E-state index in [1.165, 1.54) is 25.2 Å². The number of benzene rings is 2. The van der Waals surface area contributed by atoms with Gasteiger partial charge >= 0.3 is 0 Å². The summed E-state index contributed by atoms with van der Waals surface area (Å²) < 4.78 is 37.2. The molecular formula is C25H35N3O6S. The molecule has 0 saturated carbocycles. The van der Waals surface area contributed by atoms with Crippen LogP contribution in [0.2, 0.25) is 0 Å². The molecule has 1 N–H and O–H groups in total. The lowest BCUT2D eigenvalue weighted by molar-refractivity contribution is -0.140. The second-order valence-corrected chi connectivity index (χ2v) is 10.0. The number of rotatable bonds is 12. The molecule has 2 rings (SSSR count). The van der Waals surface area contributed by atoms with Crippen LogP contribution in [0.5, 0.6) is 11.5 Å². The van der Waals surface area contributed by atoms with Crippen molar-refractivity contribution in [3.8, 4) is 11.5 Å². The number of aryl methyl sites for hydroxylation is 1. The fraction of sp³-hybridized carbons (Fsp3) is 0.440. The molecule has 0 fully saturated rings. The third kappa shape index (κ3) is 7.35. The lowest BCUT2D eigenvalue weighted by Crippen LogP contribution is -2.52. The minimum atomic E-state index is -3.90. The number of ether oxygens (including phenoxy) is 2. The molecule has 2 amide bonds. The van der Waals surface area contributed by atoms with E-state index >= 15 is 0 Å². The molecule has 0 aliphatic carbocycles. The van der Waals surface area contributed by atoms with Gasteiger partial charge in [0.2, 0.25) is 21.8 Å². The number of likely N-dealkylation sites (N-methyl/N-ethyl adjacent to an activating group) is 1. The first-order valence-electron chi connectivity index (χ1n) is 11.4. The van der Waals surface area contributed by atoms with Gasteiger partial charge < -0.3 is 19.7 Å². The Morgan fingerprint density at radius 3 is 2.20 bits per heavy atom. The maximum Gasteiger partial charge on any atom is 0.244 e. The average molecular weight is 506 g/mol. The summed E-state index contributed by atoms with van der Waals surface area (Å²) in [5.74, 6) is -0.128. The average Bonchev–Trinajstić information content (AvgIpc) is 2.82. The minimum Gasteiger partial charge on any atom is -0.497 e. The van der Waals surface area contributed by atoms with Crippen molar-refractivity contribution in [2.45, 2.75) is 39.8 Å². The number of hydrogen-bond donors (Lipinski definition) is 1. The summed E-state index contributed by atoms with van der Waals surface area (Å²) in [7, 11) is -1.02. The van der Waals surface area contributed by atoms with Crippen molar-refractivity contribution in [2.75, 3.05) is 37.9 Å². The Labute approximate surface area is 208 Å². The second-order valence-electron chi connectivity index (χ2n) is 8.13. The van der Waals surface area contributed by atoms with Crippen molar-refractivity contribution in [3.05, 3.63) is 53.6 Å². The molecule has 10 heteroatoms. The van der Waals surface area contributed by atoms with Crippen LogP contribution in [0.4, 0.5) is 5.69 Å². The summed E-state index contributed by atoms with van der Waals surface area (Å²) in [6.07, 6.45) is 1.38. The molecule has 9 nitrogen and oxygen atoms in total. The molecule has 0 bridgehead atoms. The maximum absolute atomic E-state index is 13.7. The summed E-state index contributed by atoms with van der Waals surface area (Å²) >= 11 is 0. The molecule has 0 radical (unpaired) electrons. The normalized spacial score (nSPS) is 11.9. The van der Waals surface area contributed by atoms with Crippen molar-refractivity contribution >= 4 is 27.5 Å². The molecule has 2 aromatic rings. The fourth-order valence-corrected chi connectivity index (χ4v) is 4.53. The van der Waals surface area contributed by atoms with E-state index in [0.717, 1.165) is 21.7 Å². The number of amides is 2. The van der Waals surface area contributed by atoms with Gasteiger partial charge in [-0.3, -0.25) is 13.9 Å². The van der Waals surface area contributed by atoms with E-state index in [1.807, 2.05) is 38.1 Å². The number of nitrogens with zero attached hydrogens (tertiary/aromatic N) is 2. The van der Waals surface area contributed by atoms with E-state index in [1.54, 1.807) is 19.1 Å². The number of anilines is 1. The van der Waals surface area contributed by atoms with Crippen molar-refractivity contribution in [2.24, 2.45) is 0 Å². The molecule has 0 aromatic heterocycles. The van der Waals surface area contributed by atoms with Gasteiger partial charge in [-0.05, 0) is 38.0 Å². The number of carbonyl (C=O) groups excluding carboxylic acids is 2. The van der Waals surface area contributed by atoms with E-state index < -0.39 is 28.5 Å². The standard InChI is InChI=1S/C25H35N3O6S/c1-7-21(25(30)26-8-2)27(16-19-11-9-18(3)10-12-19)24(29)17-28(35(6,31)32)22-15-20(33-4)13-14-23(22)34-5/h9-15,21H,7-8,16-17H2,1-6H3,(H,26,30)/t21-/m1/s1. The zero-order valence-electron chi connectivity index (χ0n) is 21.2. The largest absolute Gasteiger partial charge is 0.497 e. The maximum atomic E-state index is 13.7. The van der Waals surface area contributed by atoms with E-state index in [2.05, 4.69) is 5.32 Å². The van der Waals surface area contributed by atoms with Gasteiger partial charge in [0.05, 0.1) is 26.2 Å². The van der Waals surface area contributed by atoms with Gasteiger partial charge in [-0.2, -0.15) is 0 Å². The van der Waals surface area contributed by atoms with Crippen molar-refractivity contribution in [1.82, 2.24) is 10.2 Å². The van der Waals surface area contributed by atoms with Crippen LogP contribution in [-0.4, -0.2) is 64.7 Å². The van der Waals surface area contributed by atoms with E-state index in [-0.39, 0.29) is 23.9 Å². The molecule has 0 saturated heterocycles. The number of methoxy groups -OCH3 is 2. The van der Waals surface area contributed by atoms with Crippen LogP contribution in [0.3, 0.4) is 0 Å². The van der Waals surface area contributed by atoms with Gasteiger partial charge in [-0.15, -0.1) is 0 Å². The molecule has 0 unspecified atom stereocenters. The first kappa shape index (κ1) is 28.0. The molecule has 0 aliphatic rings. The summed E-state index contributed by atoms with van der Waals surface area (Å²) in [4.78, 5) is 27.9. The predicted molar refractivity (Wildman–Crippen MR) is 136 cm³/mol. The van der Waals surface area contributed by atoms with E-state index in [0.29, 0.717) is 18.7 Å².